The number of aliphatic hydroxyl groups is 1. The maximum atomic E-state index is 9.60. The monoisotopic (exact) mass is 246 g/mol. The Bertz CT molecular complexity index is 267. The van der Waals surface area contributed by atoms with Crippen molar-refractivity contribution in [3.8, 4) is 0 Å². The largest absolute Gasteiger partial charge is 0.462 e. The zero-order valence-corrected chi connectivity index (χ0v) is 10.7. The highest BCUT2D eigenvalue weighted by molar-refractivity contribution is 5.37. The van der Waals surface area contributed by atoms with Crippen LogP contribution in [0.5, 0.6) is 0 Å². The predicted molar refractivity (Wildman–Crippen MR) is 62.2 cm³/mol. The van der Waals surface area contributed by atoms with Crippen LogP contribution in [-0.4, -0.2) is 60.1 Å². The van der Waals surface area contributed by atoms with Crippen molar-refractivity contribution in [2.24, 2.45) is 5.73 Å². The van der Waals surface area contributed by atoms with Crippen LogP contribution >= 0.6 is 0 Å². The zero-order chi connectivity index (χ0) is 13.1. The summed E-state index contributed by atoms with van der Waals surface area (Å²) in [4.78, 5) is 11.7. The number of nitrogens with two attached hydrogens (primary N) is 1. The molecule has 6 heteroatoms. The number of ether oxygens (including phenoxy) is 2. The lowest BCUT2D eigenvalue weighted by Gasteiger charge is -2.16. The van der Waals surface area contributed by atoms with E-state index >= 15 is 0 Å². The third-order valence-corrected chi connectivity index (χ3v) is 2.71. The molecule has 0 bridgehead atoms. The Hall–Kier alpha value is -0.690. The molecule has 0 aromatic heterocycles. The van der Waals surface area contributed by atoms with Gasteiger partial charge < -0.3 is 20.3 Å². The number of carbonyl (C=O) groups excluding carboxylic acids is 1. The first-order valence-corrected chi connectivity index (χ1v) is 5.74. The van der Waals surface area contributed by atoms with Crippen LogP contribution < -0.4 is 5.73 Å². The maximum Gasteiger partial charge on any atom is 0.293 e. The van der Waals surface area contributed by atoms with Crippen LogP contribution in [0.15, 0.2) is 0 Å². The average molecular weight is 246 g/mol. The second-order valence-corrected chi connectivity index (χ2v) is 5.19. The Balaban J connectivity index is 0.000000185. The van der Waals surface area contributed by atoms with Gasteiger partial charge in [-0.3, -0.25) is 9.69 Å². The van der Waals surface area contributed by atoms with Gasteiger partial charge in [0.25, 0.3) is 6.47 Å². The van der Waals surface area contributed by atoms with E-state index in [0.29, 0.717) is 6.47 Å². The number of carbonyl (C=O) groups is 1. The quantitative estimate of drug-likeness (QED) is 0.506. The van der Waals surface area contributed by atoms with E-state index in [1.54, 1.807) is 0 Å². The van der Waals surface area contributed by atoms with Crippen LogP contribution in [0.4, 0.5) is 0 Å². The fraction of sp³-hybridized carbons (Fsp3) is 0.909. The zero-order valence-electron chi connectivity index (χ0n) is 10.7. The van der Waals surface area contributed by atoms with Crippen LogP contribution in [-0.2, 0) is 14.3 Å². The van der Waals surface area contributed by atoms with Gasteiger partial charge in [-0.15, -0.1) is 0 Å². The molecular weight excluding hydrogens is 224 g/mol. The van der Waals surface area contributed by atoms with Gasteiger partial charge in [0.1, 0.15) is 11.7 Å². The van der Waals surface area contributed by atoms with Gasteiger partial charge in [0.15, 0.2) is 5.72 Å². The summed E-state index contributed by atoms with van der Waals surface area (Å²) in [6.07, 6.45) is -0.505. The summed E-state index contributed by atoms with van der Waals surface area (Å²) in [5, 5.41) is 9.37. The van der Waals surface area contributed by atoms with E-state index in [4.69, 9.17) is 10.5 Å². The fourth-order valence-electron chi connectivity index (χ4n) is 1.72. The Morgan fingerprint density at radius 2 is 2.29 bits per heavy atom. The summed E-state index contributed by atoms with van der Waals surface area (Å²) < 4.78 is 9.91. The molecule has 0 aromatic carbocycles. The van der Waals surface area contributed by atoms with E-state index in [0.717, 1.165) is 19.7 Å². The number of nitrogens with zero attached hydrogens (tertiary/aromatic N) is 1. The molecule has 3 N–H and O–H groups in total. The van der Waals surface area contributed by atoms with Gasteiger partial charge in [-0.2, -0.15) is 0 Å². The standard InChI is InChI=1S/C6H12N2O2.C5H10O2/c7-3-5(9)6-4-8(6)1-2-10-6;1-5(2,3)7-4-6/h5,9H,1-4,7H2;4H,1-3H3. The Kier molecular flexibility index (Phi) is 4.48. The molecule has 3 atom stereocenters. The van der Waals surface area contributed by atoms with E-state index in [2.05, 4.69) is 9.64 Å². The molecule has 2 saturated heterocycles. The Labute approximate surface area is 102 Å². The number of aliphatic hydroxyl groups excluding tert-OH is 1. The van der Waals surface area contributed by atoms with E-state index in [1.165, 1.54) is 0 Å². The Morgan fingerprint density at radius 1 is 1.65 bits per heavy atom. The van der Waals surface area contributed by atoms with Crippen molar-refractivity contribution in [1.82, 2.24) is 4.90 Å². The minimum atomic E-state index is -0.505. The smallest absolute Gasteiger partial charge is 0.293 e. The van der Waals surface area contributed by atoms with Crippen molar-refractivity contribution in [2.75, 3.05) is 26.2 Å². The molecule has 2 rings (SSSR count). The summed E-state index contributed by atoms with van der Waals surface area (Å²) in [7, 11) is 0. The minimum Gasteiger partial charge on any atom is -0.462 e. The van der Waals surface area contributed by atoms with Crippen molar-refractivity contribution >= 4 is 6.47 Å². The molecule has 0 saturated carbocycles. The van der Waals surface area contributed by atoms with Gasteiger partial charge in [0, 0.05) is 19.6 Å². The molecule has 0 spiro atoms. The first-order chi connectivity index (χ1) is 7.85. The predicted octanol–water partition coefficient (Wildman–Crippen LogP) is -0.694. The lowest BCUT2D eigenvalue weighted by Crippen LogP contribution is -2.38. The molecule has 100 valence electrons. The van der Waals surface area contributed by atoms with Crippen LogP contribution in [0.3, 0.4) is 0 Å². The molecule has 17 heavy (non-hydrogen) atoms. The van der Waals surface area contributed by atoms with Crippen molar-refractivity contribution < 1.29 is 19.4 Å². The normalized spacial score (nSPS) is 31.9. The molecule has 0 amide bonds. The first kappa shape index (κ1) is 14.4. The molecule has 2 aliphatic heterocycles. The van der Waals surface area contributed by atoms with Crippen molar-refractivity contribution in [3.05, 3.63) is 0 Å². The molecule has 0 radical (unpaired) electrons. The second kappa shape index (κ2) is 5.30. The van der Waals surface area contributed by atoms with Gasteiger partial charge in [-0.1, -0.05) is 0 Å². The highest BCUT2D eigenvalue weighted by Gasteiger charge is 2.61. The van der Waals surface area contributed by atoms with E-state index in [1.807, 2.05) is 20.8 Å². The molecule has 0 aliphatic carbocycles. The van der Waals surface area contributed by atoms with Crippen molar-refractivity contribution in [3.63, 3.8) is 0 Å². The van der Waals surface area contributed by atoms with Crippen LogP contribution in [0.25, 0.3) is 0 Å². The summed E-state index contributed by atoms with van der Waals surface area (Å²) in [5.41, 5.74) is 4.62. The lowest BCUT2D eigenvalue weighted by atomic mass is 10.2. The fourth-order valence-corrected chi connectivity index (χ4v) is 1.72. The second-order valence-electron chi connectivity index (χ2n) is 5.19. The maximum absolute atomic E-state index is 9.60. The minimum absolute atomic E-state index is 0.288. The summed E-state index contributed by atoms with van der Waals surface area (Å²) in [6.45, 7) is 8.74. The number of rotatable bonds is 3. The third kappa shape index (κ3) is 3.64. The van der Waals surface area contributed by atoms with E-state index < -0.39 is 6.10 Å². The number of fused-ring (bicyclic) bond motifs is 1. The molecule has 2 heterocycles. The van der Waals surface area contributed by atoms with Crippen LogP contribution in [0, 0.1) is 0 Å². The van der Waals surface area contributed by atoms with Gasteiger partial charge in [-0.25, -0.2) is 0 Å². The van der Waals surface area contributed by atoms with Crippen molar-refractivity contribution in [2.45, 2.75) is 38.2 Å². The van der Waals surface area contributed by atoms with E-state index in [-0.39, 0.29) is 17.9 Å². The van der Waals surface area contributed by atoms with Crippen molar-refractivity contribution in [1.29, 1.82) is 0 Å². The summed E-state index contributed by atoms with van der Waals surface area (Å²) >= 11 is 0. The van der Waals surface area contributed by atoms with E-state index in [9.17, 15) is 9.90 Å². The lowest BCUT2D eigenvalue weighted by molar-refractivity contribution is -0.138. The molecule has 0 aromatic rings. The first-order valence-electron chi connectivity index (χ1n) is 5.74. The summed E-state index contributed by atoms with van der Waals surface area (Å²) in [5.74, 6) is 0. The number of hydrogen-bond acceptors (Lipinski definition) is 6. The average Bonchev–Trinajstić information content (AvgIpc) is 2.80. The molecule has 2 aliphatic rings. The number of morpholine rings is 1. The van der Waals surface area contributed by atoms with Crippen LogP contribution in [0.1, 0.15) is 20.8 Å². The topological polar surface area (TPSA) is 84.8 Å². The SMILES string of the molecule is CC(C)(C)OC=O.NCC(O)C12CN1CCO2. The molecular formula is C11H22N2O4. The molecule has 3 unspecified atom stereocenters. The molecule has 6 nitrogen and oxygen atoms in total. The van der Waals surface area contributed by atoms with Gasteiger partial charge in [-0.05, 0) is 20.8 Å². The molecule has 2 fully saturated rings. The van der Waals surface area contributed by atoms with Crippen LogP contribution in [0.2, 0.25) is 0 Å². The van der Waals surface area contributed by atoms with Gasteiger partial charge in [0.05, 0.1) is 6.61 Å². The van der Waals surface area contributed by atoms with Gasteiger partial charge in [0.2, 0.25) is 0 Å². The number of hydrogen-bond donors (Lipinski definition) is 2. The summed E-state index contributed by atoms with van der Waals surface area (Å²) in [6, 6.07) is 0. The third-order valence-electron chi connectivity index (χ3n) is 2.71. The van der Waals surface area contributed by atoms with Gasteiger partial charge >= 0.3 is 0 Å². The Morgan fingerprint density at radius 3 is 2.53 bits per heavy atom. The highest BCUT2D eigenvalue weighted by atomic mass is 16.6. The highest BCUT2D eigenvalue weighted by Crippen LogP contribution is 2.40.